The Bertz CT molecular complexity index is 1220. The van der Waals surface area contributed by atoms with Gasteiger partial charge in [0.25, 0.3) is 0 Å². The zero-order valence-electron chi connectivity index (χ0n) is 18.1. The van der Waals surface area contributed by atoms with Gasteiger partial charge in [0.1, 0.15) is 19.0 Å². The summed E-state index contributed by atoms with van der Waals surface area (Å²) in [4.78, 5) is 16.9. The van der Waals surface area contributed by atoms with Crippen molar-refractivity contribution in [2.45, 2.75) is 18.7 Å². The van der Waals surface area contributed by atoms with E-state index in [4.69, 9.17) is 21.1 Å². The number of nitrogens with zero attached hydrogens (tertiary/aromatic N) is 4. The molecule has 0 N–H and O–H groups in total. The van der Waals surface area contributed by atoms with Crippen LogP contribution >= 0.6 is 11.6 Å². The van der Waals surface area contributed by atoms with E-state index in [2.05, 4.69) is 10.1 Å². The number of rotatable bonds is 8. The van der Waals surface area contributed by atoms with Gasteiger partial charge in [-0.15, -0.1) is 0 Å². The third-order valence-electron chi connectivity index (χ3n) is 4.44. The Balaban J connectivity index is 1.58. The van der Waals surface area contributed by atoms with Crippen molar-refractivity contribution in [1.82, 2.24) is 19.1 Å². The molecule has 3 aromatic rings. The lowest BCUT2D eigenvalue weighted by molar-refractivity contribution is 0.0443. The number of esters is 1. The Hall–Kier alpha value is -2.95. The van der Waals surface area contributed by atoms with Crippen LogP contribution in [0.5, 0.6) is 5.75 Å². The quantitative estimate of drug-likeness (QED) is 0.362. The largest absolute Gasteiger partial charge is 0.490 e. The van der Waals surface area contributed by atoms with Crippen LogP contribution in [0.1, 0.15) is 21.9 Å². The van der Waals surface area contributed by atoms with Crippen molar-refractivity contribution in [3.63, 3.8) is 0 Å². The van der Waals surface area contributed by atoms with E-state index in [9.17, 15) is 13.2 Å². The summed E-state index contributed by atoms with van der Waals surface area (Å²) >= 11 is 6.13. The molecule has 0 saturated heterocycles. The fraction of sp³-hybridized carbons (Fsp3) is 0.286. The number of carbonyl (C=O) groups excluding carboxylic acids is 1. The molecule has 0 unspecified atom stereocenters. The maximum absolute atomic E-state index is 12.4. The average Bonchev–Trinajstić information content (AvgIpc) is 3.09. The number of aromatic nitrogens is 3. The predicted molar refractivity (Wildman–Crippen MR) is 119 cm³/mol. The minimum atomic E-state index is -3.51. The van der Waals surface area contributed by atoms with Gasteiger partial charge in [-0.05, 0) is 56.3 Å². The van der Waals surface area contributed by atoms with Gasteiger partial charge in [-0.1, -0.05) is 11.6 Å². The van der Waals surface area contributed by atoms with Crippen LogP contribution in [-0.4, -0.2) is 60.8 Å². The van der Waals surface area contributed by atoms with Crippen molar-refractivity contribution in [1.29, 1.82) is 0 Å². The van der Waals surface area contributed by atoms with E-state index in [-0.39, 0.29) is 28.8 Å². The normalized spacial score (nSPS) is 11.6. The van der Waals surface area contributed by atoms with Crippen LogP contribution in [0, 0.1) is 13.8 Å². The van der Waals surface area contributed by atoms with E-state index >= 15 is 0 Å². The summed E-state index contributed by atoms with van der Waals surface area (Å²) in [5.74, 6) is 0.215. The number of carbonyl (C=O) groups is 1. The summed E-state index contributed by atoms with van der Waals surface area (Å²) in [5, 5.41) is 4.51. The Morgan fingerprint density at radius 1 is 1.09 bits per heavy atom. The highest BCUT2D eigenvalue weighted by atomic mass is 35.5. The fourth-order valence-electron chi connectivity index (χ4n) is 2.83. The third-order valence-corrected chi connectivity index (χ3v) is 6.57. The molecule has 2 aromatic heterocycles. The molecule has 9 nitrogen and oxygen atoms in total. The van der Waals surface area contributed by atoms with E-state index < -0.39 is 16.0 Å². The van der Waals surface area contributed by atoms with E-state index in [1.54, 1.807) is 16.8 Å². The molecule has 170 valence electrons. The molecule has 0 spiro atoms. The Labute approximate surface area is 191 Å². The third kappa shape index (κ3) is 5.26. The zero-order valence-corrected chi connectivity index (χ0v) is 19.6. The molecule has 2 heterocycles. The van der Waals surface area contributed by atoms with Crippen molar-refractivity contribution in [3.8, 4) is 11.6 Å². The highest BCUT2D eigenvalue weighted by molar-refractivity contribution is 7.89. The number of halogens is 1. The first-order valence-electron chi connectivity index (χ1n) is 9.62. The van der Waals surface area contributed by atoms with Crippen LogP contribution in [0.3, 0.4) is 0 Å². The maximum atomic E-state index is 12.4. The molecule has 0 aliphatic carbocycles. The molecule has 0 aliphatic rings. The van der Waals surface area contributed by atoms with E-state index in [0.717, 1.165) is 15.7 Å². The van der Waals surface area contributed by atoms with Crippen molar-refractivity contribution in [3.05, 3.63) is 64.6 Å². The standard InChI is InChI=1S/C21H23ClN4O5S/c1-14-13-15(2)26(24-14)19-10-9-18(22)20(23-19)21(27)31-12-11-30-16-5-7-17(8-6-16)32(28,29)25(3)4/h5-10,13H,11-12H2,1-4H3. The topological polar surface area (TPSA) is 104 Å². The number of hydrogen-bond donors (Lipinski definition) is 0. The molecule has 0 atom stereocenters. The number of ether oxygens (including phenoxy) is 2. The lowest BCUT2D eigenvalue weighted by atomic mass is 10.3. The van der Waals surface area contributed by atoms with Gasteiger partial charge < -0.3 is 9.47 Å². The smallest absolute Gasteiger partial charge is 0.358 e. The first-order chi connectivity index (χ1) is 15.1. The highest BCUT2D eigenvalue weighted by Crippen LogP contribution is 2.20. The molecule has 0 radical (unpaired) electrons. The summed E-state index contributed by atoms with van der Waals surface area (Å²) in [6.07, 6.45) is 0. The van der Waals surface area contributed by atoms with Gasteiger partial charge in [0.05, 0.1) is 15.6 Å². The molecular weight excluding hydrogens is 456 g/mol. The molecule has 11 heteroatoms. The molecule has 0 amide bonds. The van der Waals surface area contributed by atoms with Crippen LogP contribution in [-0.2, 0) is 14.8 Å². The average molecular weight is 479 g/mol. The molecule has 3 rings (SSSR count). The Morgan fingerprint density at radius 3 is 2.38 bits per heavy atom. The Kier molecular flexibility index (Phi) is 7.17. The molecule has 0 aliphatic heterocycles. The summed E-state index contributed by atoms with van der Waals surface area (Å²) in [6.45, 7) is 3.77. The predicted octanol–water partition coefficient (Wildman–Crippen LogP) is 3.02. The first-order valence-corrected chi connectivity index (χ1v) is 11.4. The van der Waals surface area contributed by atoms with Gasteiger partial charge in [0.15, 0.2) is 11.5 Å². The second-order valence-corrected chi connectivity index (χ2v) is 9.64. The number of pyridine rings is 1. The minimum Gasteiger partial charge on any atom is -0.490 e. The molecule has 1 aromatic carbocycles. The monoisotopic (exact) mass is 478 g/mol. The molecular formula is C21H23ClN4O5S. The SMILES string of the molecule is Cc1cc(C)n(-c2ccc(Cl)c(C(=O)OCCOc3ccc(S(=O)(=O)N(C)C)cc3)n2)n1. The Morgan fingerprint density at radius 2 is 1.78 bits per heavy atom. The minimum absolute atomic E-state index is 0.0186. The van der Waals surface area contributed by atoms with Crippen molar-refractivity contribution in [2.24, 2.45) is 0 Å². The summed E-state index contributed by atoms with van der Waals surface area (Å²) < 4.78 is 37.6. The van der Waals surface area contributed by atoms with Crippen LogP contribution in [0.2, 0.25) is 5.02 Å². The molecule has 0 saturated carbocycles. The number of sulfonamides is 1. The van der Waals surface area contributed by atoms with Gasteiger partial charge >= 0.3 is 5.97 Å². The second kappa shape index (κ2) is 9.68. The van der Waals surface area contributed by atoms with Gasteiger partial charge in [0.2, 0.25) is 10.0 Å². The van der Waals surface area contributed by atoms with Crippen LogP contribution in [0.15, 0.2) is 47.4 Å². The number of aryl methyl sites for hydroxylation is 2. The van der Waals surface area contributed by atoms with Crippen LogP contribution < -0.4 is 4.74 Å². The van der Waals surface area contributed by atoms with Gasteiger partial charge in [-0.25, -0.2) is 27.2 Å². The lowest BCUT2D eigenvalue weighted by Crippen LogP contribution is -2.22. The van der Waals surface area contributed by atoms with Crippen molar-refractivity contribution >= 4 is 27.6 Å². The lowest BCUT2D eigenvalue weighted by Gasteiger charge is -2.12. The van der Waals surface area contributed by atoms with Gasteiger partial charge in [0, 0.05) is 19.8 Å². The fourth-order valence-corrected chi connectivity index (χ4v) is 3.92. The summed E-state index contributed by atoms with van der Waals surface area (Å²) in [5.41, 5.74) is 1.68. The van der Waals surface area contributed by atoms with E-state index in [1.807, 2.05) is 19.9 Å². The molecule has 0 bridgehead atoms. The number of hydrogen-bond acceptors (Lipinski definition) is 7. The van der Waals surface area contributed by atoms with Crippen molar-refractivity contribution < 1.29 is 22.7 Å². The van der Waals surface area contributed by atoms with Gasteiger partial charge in [-0.3, -0.25) is 0 Å². The summed E-state index contributed by atoms with van der Waals surface area (Å²) in [7, 11) is -0.586. The van der Waals surface area contributed by atoms with E-state index in [0.29, 0.717) is 11.6 Å². The summed E-state index contributed by atoms with van der Waals surface area (Å²) in [6, 6.07) is 11.1. The van der Waals surface area contributed by atoms with E-state index in [1.165, 1.54) is 38.4 Å². The van der Waals surface area contributed by atoms with Crippen LogP contribution in [0.4, 0.5) is 0 Å². The maximum Gasteiger partial charge on any atom is 0.358 e. The number of benzene rings is 1. The molecule has 32 heavy (non-hydrogen) atoms. The highest BCUT2D eigenvalue weighted by Gasteiger charge is 2.18. The molecule has 0 fully saturated rings. The van der Waals surface area contributed by atoms with Gasteiger partial charge in [-0.2, -0.15) is 5.10 Å². The van der Waals surface area contributed by atoms with Crippen LogP contribution in [0.25, 0.3) is 5.82 Å². The zero-order chi connectivity index (χ0) is 23.5. The second-order valence-electron chi connectivity index (χ2n) is 7.08. The van der Waals surface area contributed by atoms with Crippen molar-refractivity contribution in [2.75, 3.05) is 27.3 Å². The first kappa shape index (κ1) is 23.7.